The summed E-state index contributed by atoms with van der Waals surface area (Å²) >= 11 is 5.76. The molecule has 0 radical (unpaired) electrons. The number of amides is 2. The van der Waals surface area contributed by atoms with Gasteiger partial charge < -0.3 is 19.7 Å². The number of carbonyl (C=O) groups is 2. The number of nitrogens with one attached hydrogen (secondary N) is 1. The summed E-state index contributed by atoms with van der Waals surface area (Å²) in [6, 6.07) is 9.63. The van der Waals surface area contributed by atoms with Crippen molar-refractivity contribution in [2.24, 2.45) is 0 Å². The lowest BCUT2D eigenvalue weighted by molar-refractivity contribution is -0.384. The van der Waals surface area contributed by atoms with Crippen molar-refractivity contribution in [3.8, 4) is 11.5 Å². The van der Waals surface area contributed by atoms with Crippen molar-refractivity contribution in [3.05, 3.63) is 57.1 Å². The minimum absolute atomic E-state index is 0.0482. The second-order valence-electron chi connectivity index (χ2n) is 7.13. The first-order valence-electron chi connectivity index (χ1n) is 9.56. The summed E-state index contributed by atoms with van der Waals surface area (Å²) in [6.07, 6.45) is 0. The van der Waals surface area contributed by atoms with E-state index < -0.39 is 16.7 Å². The van der Waals surface area contributed by atoms with Gasteiger partial charge >= 0.3 is 11.8 Å². The molecule has 0 bridgehead atoms. The molecule has 0 aliphatic carbocycles. The molecule has 0 aromatic heterocycles. The molecule has 2 heterocycles. The first kappa shape index (κ1) is 20.9. The third kappa shape index (κ3) is 4.70. The Kier molecular flexibility index (Phi) is 5.92. The van der Waals surface area contributed by atoms with Gasteiger partial charge in [-0.15, -0.1) is 0 Å². The maximum Gasteiger partial charge on any atom is 0.313 e. The number of rotatable bonds is 4. The lowest BCUT2D eigenvalue weighted by Gasteiger charge is -2.34. The molecular formula is C20H19ClN4O6. The molecule has 0 atom stereocenters. The zero-order chi connectivity index (χ0) is 22.0. The molecule has 2 amide bonds. The molecule has 0 unspecified atom stereocenters. The number of fused-ring (bicyclic) bond motifs is 1. The predicted octanol–water partition coefficient (Wildman–Crippen LogP) is 2.26. The summed E-state index contributed by atoms with van der Waals surface area (Å²) in [5.41, 5.74) is 0.867. The Morgan fingerprint density at radius 2 is 1.81 bits per heavy atom. The van der Waals surface area contributed by atoms with E-state index in [1.54, 1.807) is 0 Å². The molecule has 1 N–H and O–H groups in total. The number of benzene rings is 2. The molecule has 2 aliphatic rings. The zero-order valence-corrected chi connectivity index (χ0v) is 17.1. The van der Waals surface area contributed by atoms with E-state index in [0.29, 0.717) is 32.7 Å². The van der Waals surface area contributed by atoms with Gasteiger partial charge in [0.2, 0.25) is 6.79 Å². The van der Waals surface area contributed by atoms with Crippen molar-refractivity contribution in [2.75, 3.05) is 38.3 Å². The van der Waals surface area contributed by atoms with Crippen LogP contribution in [-0.2, 0) is 16.1 Å². The Morgan fingerprint density at radius 3 is 2.55 bits per heavy atom. The molecular weight excluding hydrogens is 428 g/mol. The van der Waals surface area contributed by atoms with Crippen LogP contribution in [0.25, 0.3) is 0 Å². The highest BCUT2D eigenvalue weighted by molar-refractivity contribution is 6.39. The van der Waals surface area contributed by atoms with Crippen LogP contribution < -0.4 is 14.8 Å². The number of ether oxygens (including phenoxy) is 2. The van der Waals surface area contributed by atoms with E-state index in [1.165, 1.54) is 17.0 Å². The first-order chi connectivity index (χ1) is 14.9. The van der Waals surface area contributed by atoms with Crippen LogP contribution in [0.1, 0.15) is 5.56 Å². The third-order valence-corrected chi connectivity index (χ3v) is 5.42. The van der Waals surface area contributed by atoms with E-state index in [4.69, 9.17) is 21.1 Å². The summed E-state index contributed by atoms with van der Waals surface area (Å²) in [6.45, 7) is 2.94. The van der Waals surface area contributed by atoms with Crippen LogP contribution in [0.2, 0.25) is 5.02 Å². The van der Waals surface area contributed by atoms with Crippen molar-refractivity contribution in [1.29, 1.82) is 0 Å². The molecule has 2 aromatic carbocycles. The normalized spacial score (nSPS) is 15.6. The maximum atomic E-state index is 12.5. The van der Waals surface area contributed by atoms with E-state index >= 15 is 0 Å². The van der Waals surface area contributed by atoms with Crippen molar-refractivity contribution >= 4 is 34.8 Å². The zero-order valence-electron chi connectivity index (χ0n) is 16.4. The molecule has 2 aromatic rings. The lowest BCUT2D eigenvalue weighted by Crippen LogP contribution is -2.51. The van der Waals surface area contributed by atoms with Crippen molar-refractivity contribution in [1.82, 2.24) is 9.80 Å². The van der Waals surface area contributed by atoms with Gasteiger partial charge in [-0.3, -0.25) is 24.6 Å². The molecule has 10 nitrogen and oxygen atoms in total. The highest BCUT2D eigenvalue weighted by Gasteiger charge is 2.27. The van der Waals surface area contributed by atoms with Gasteiger partial charge in [-0.25, -0.2) is 0 Å². The lowest BCUT2D eigenvalue weighted by atomic mass is 10.1. The number of hydrogen-bond acceptors (Lipinski definition) is 7. The molecule has 162 valence electrons. The van der Waals surface area contributed by atoms with Crippen LogP contribution in [0.15, 0.2) is 36.4 Å². The van der Waals surface area contributed by atoms with Crippen molar-refractivity contribution in [2.45, 2.75) is 6.54 Å². The third-order valence-electron chi connectivity index (χ3n) is 5.10. The van der Waals surface area contributed by atoms with E-state index in [2.05, 4.69) is 10.2 Å². The van der Waals surface area contributed by atoms with E-state index in [1.807, 2.05) is 18.2 Å². The average Bonchev–Trinajstić information content (AvgIpc) is 3.23. The fourth-order valence-electron chi connectivity index (χ4n) is 3.47. The fourth-order valence-corrected chi connectivity index (χ4v) is 3.65. The first-order valence-corrected chi connectivity index (χ1v) is 9.93. The van der Waals surface area contributed by atoms with Crippen LogP contribution in [0.5, 0.6) is 11.5 Å². The van der Waals surface area contributed by atoms with Gasteiger partial charge in [-0.05, 0) is 29.8 Å². The Hall–Kier alpha value is -3.37. The van der Waals surface area contributed by atoms with Crippen LogP contribution in [0.4, 0.5) is 11.4 Å². The van der Waals surface area contributed by atoms with Crippen LogP contribution in [0, 0.1) is 10.1 Å². The van der Waals surface area contributed by atoms with Crippen molar-refractivity contribution in [3.63, 3.8) is 0 Å². The summed E-state index contributed by atoms with van der Waals surface area (Å²) in [5, 5.41) is 13.3. The number of nitro benzene ring substituents is 1. The number of anilines is 1. The number of hydrogen-bond donors (Lipinski definition) is 1. The number of carbonyl (C=O) groups excluding carboxylic acids is 2. The van der Waals surface area contributed by atoms with Crippen LogP contribution >= 0.6 is 11.6 Å². The molecule has 0 saturated carbocycles. The Morgan fingerprint density at radius 1 is 1.06 bits per heavy atom. The van der Waals surface area contributed by atoms with Gasteiger partial charge in [-0.2, -0.15) is 0 Å². The van der Waals surface area contributed by atoms with Crippen LogP contribution in [0.3, 0.4) is 0 Å². The molecule has 1 fully saturated rings. The highest BCUT2D eigenvalue weighted by Crippen LogP contribution is 2.33. The number of nitrogens with zero attached hydrogens (tertiary/aromatic N) is 3. The molecule has 31 heavy (non-hydrogen) atoms. The smallest absolute Gasteiger partial charge is 0.313 e. The molecule has 1 saturated heterocycles. The SMILES string of the molecule is O=C(Nc1ccc(Cl)c([N+](=O)[O-])c1)C(=O)N1CCN(Cc2ccc3c(c2)OCO3)CC1. The Balaban J connectivity index is 1.30. The Labute approximate surface area is 182 Å². The minimum atomic E-state index is -0.846. The van der Waals surface area contributed by atoms with Gasteiger partial charge in [0.05, 0.1) is 4.92 Å². The second kappa shape index (κ2) is 8.78. The summed E-state index contributed by atoms with van der Waals surface area (Å²) in [5.74, 6) is -0.0669. The van der Waals surface area contributed by atoms with E-state index in [9.17, 15) is 19.7 Å². The summed E-state index contributed by atoms with van der Waals surface area (Å²) in [7, 11) is 0. The fraction of sp³-hybridized carbons (Fsp3) is 0.300. The molecule has 11 heteroatoms. The van der Waals surface area contributed by atoms with Gasteiger partial charge in [0.1, 0.15) is 5.02 Å². The van der Waals surface area contributed by atoms with E-state index in [-0.39, 0.29) is 23.2 Å². The topological polar surface area (TPSA) is 114 Å². The molecule has 4 rings (SSSR count). The Bertz CT molecular complexity index is 1040. The van der Waals surface area contributed by atoms with Crippen molar-refractivity contribution < 1.29 is 24.0 Å². The van der Waals surface area contributed by atoms with E-state index in [0.717, 1.165) is 23.1 Å². The minimum Gasteiger partial charge on any atom is -0.454 e. The number of piperazine rings is 1. The highest BCUT2D eigenvalue weighted by atomic mass is 35.5. The average molecular weight is 447 g/mol. The monoisotopic (exact) mass is 446 g/mol. The number of halogens is 1. The summed E-state index contributed by atoms with van der Waals surface area (Å²) < 4.78 is 10.7. The van der Waals surface area contributed by atoms with Gasteiger partial charge in [0, 0.05) is 44.5 Å². The predicted molar refractivity (Wildman–Crippen MR) is 111 cm³/mol. The second-order valence-corrected chi connectivity index (χ2v) is 7.54. The van der Waals surface area contributed by atoms with Gasteiger partial charge in [-0.1, -0.05) is 17.7 Å². The van der Waals surface area contributed by atoms with Crippen LogP contribution in [-0.4, -0.2) is 59.5 Å². The van der Waals surface area contributed by atoms with Gasteiger partial charge in [0.25, 0.3) is 5.69 Å². The summed E-state index contributed by atoms with van der Waals surface area (Å²) in [4.78, 5) is 38.8. The van der Waals surface area contributed by atoms with Gasteiger partial charge in [0.15, 0.2) is 11.5 Å². The largest absolute Gasteiger partial charge is 0.454 e. The standard InChI is InChI=1S/C20H19ClN4O6/c21-15-3-2-14(10-16(15)25(28)29)22-19(26)20(27)24-7-5-23(6-8-24)11-13-1-4-17-18(9-13)31-12-30-17/h1-4,9-10H,5-8,11-12H2,(H,22,26). The quantitative estimate of drug-likeness (QED) is 0.435. The maximum absolute atomic E-state index is 12.5. The number of nitro groups is 1. The molecule has 0 spiro atoms. The molecule has 2 aliphatic heterocycles.